The van der Waals surface area contributed by atoms with E-state index in [9.17, 15) is 0 Å². The minimum Gasteiger partial charge on any atom is -0.440 e. The average molecular weight is 350 g/mol. The monoisotopic (exact) mass is 349 g/mol. The third-order valence-corrected chi connectivity index (χ3v) is 7.16. The molecule has 0 saturated heterocycles. The van der Waals surface area contributed by atoms with Crippen molar-refractivity contribution in [3.05, 3.63) is 41.3 Å². The van der Waals surface area contributed by atoms with Crippen LogP contribution in [0.2, 0.25) is 0 Å². The molecular formula is C24H31NO. The van der Waals surface area contributed by atoms with E-state index in [0.717, 1.165) is 29.2 Å². The molecule has 6 rings (SSSR count). The highest BCUT2D eigenvalue weighted by Gasteiger charge is 2.54. The predicted octanol–water partition coefficient (Wildman–Crippen LogP) is 6.42. The first kappa shape index (κ1) is 16.6. The minimum absolute atomic E-state index is 0.0190. The highest BCUT2D eigenvalue weighted by atomic mass is 16.4. The van der Waals surface area contributed by atoms with Crippen molar-refractivity contribution in [2.75, 3.05) is 0 Å². The molecule has 2 heteroatoms. The molecule has 4 bridgehead atoms. The Balaban J connectivity index is 1.63. The van der Waals surface area contributed by atoms with Crippen molar-refractivity contribution in [2.45, 2.75) is 77.0 Å². The third-order valence-electron chi connectivity index (χ3n) is 7.16. The molecule has 138 valence electrons. The first-order valence-electron chi connectivity index (χ1n) is 10.4. The van der Waals surface area contributed by atoms with E-state index in [0.29, 0.717) is 0 Å². The summed E-state index contributed by atoms with van der Waals surface area (Å²) < 4.78 is 6.64. The van der Waals surface area contributed by atoms with E-state index < -0.39 is 0 Å². The molecule has 0 atom stereocenters. The van der Waals surface area contributed by atoms with Crippen molar-refractivity contribution in [3.63, 3.8) is 0 Å². The molecule has 4 saturated carbocycles. The zero-order chi connectivity index (χ0) is 18.1. The van der Waals surface area contributed by atoms with Crippen LogP contribution in [0.3, 0.4) is 0 Å². The molecule has 0 unspecified atom stereocenters. The van der Waals surface area contributed by atoms with Gasteiger partial charge in [0.2, 0.25) is 5.89 Å². The van der Waals surface area contributed by atoms with Gasteiger partial charge < -0.3 is 4.42 Å². The zero-order valence-electron chi connectivity index (χ0n) is 16.6. The Morgan fingerprint density at radius 2 is 1.46 bits per heavy atom. The maximum atomic E-state index is 6.64. The van der Waals surface area contributed by atoms with Crippen LogP contribution in [0.15, 0.2) is 28.7 Å². The summed E-state index contributed by atoms with van der Waals surface area (Å²) in [5.74, 6) is 4.81. The van der Waals surface area contributed by atoms with Crippen molar-refractivity contribution < 1.29 is 4.42 Å². The molecule has 4 aliphatic rings. The average Bonchev–Trinajstić information content (AvgIpc) is 3.01. The summed E-state index contributed by atoms with van der Waals surface area (Å²) >= 11 is 0. The number of benzene rings is 1. The largest absolute Gasteiger partial charge is 0.440 e. The van der Waals surface area contributed by atoms with Crippen LogP contribution in [-0.2, 0) is 10.8 Å². The molecular weight excluding hydrogens is 318 g/mol. The van der Waals surface area contributed by atoms with Crippen LogP contribution in [0.4, 0.5) is 0 Å². The van der Waals surface area contributed by atoms with Gasteiger partial charge in [-0.3, -0.25) is 0 Å². The minimum atomic E-state index is 0.0190. The Hall–Kier alpha value is -1.57. The molecule has 2 aromatic rings. The van der Waals surface area contributed by atoms with Crippen LogP contribution in [0.5, 0.6) is 0 Å². The lowest BCUT2D eigenvalue weighted by Gasteiger charge is -2.56. The first-order valence-corrected chi connectivity index (χ1v) is 10.4. The van der Waals surface area contributed by atoms with Crippen LogP contribution in [0.1, 0.15) is 76.3 Å². The fourth-order valence-corrected chi connectivity index (χ4v) is 6.40. The van der Waals surface area contributed by atoms with Gasteiger partial charge in [0.25, 0.3) is 0 Å². The van der Waals surface area contributed by atoms with Crippen LogP contribution < -0.4 is 0 Å². The molecule has 26 heavy (non-hydrogen) atoms. The first-order chi connectivity index (χ1) is 12.3. The van der Waals surface area contributed by atoms with Gasteiger partial charge in [-0.1, -0.05) is 38.5 Å². The van der Waals surface area contributed by atoms with Gasteiger partial charge in [-0.15, -0.1) is 0 Å². The maximum Gasteiger partial charge on any atom is 0.226 e. The van der Waals surface area contributed by atoms with Gasteiger partial charge in [0.05, 0.1) is 5.69 Å². The Morgan fingerprint density at radius 1 is 0.923 bits per heavy atom. The Kier molecular flexibility index (Phi) is 3.49. The van der Waals surface area contributed by atoms with E-state index in [-0.39, 0.29) is 10.8 Å². The summed E-state index contributed by atoms with van der Waals surface area (Å²) in [7, 11) is 0. The second-order valence-corrected chi connectivity index (χ2v) is 10.5. The number of rotatable bonds is 2. The van der Waals surface area contributed by atoms with Crippen LogP contribution in [0.25, 0.3) is 11.5 Å². The fourth-order valence-electron chi connectivity index (χ4n) is 6.40. The van der Waals surface area contributed by atoms with Gasteiger partial charge in [0.15, 0.2) is 0 Å². The molecule has 0 spiro atoms. The Labute approximate surface area is 157 Å². The van der Waals surface area contributed by atoms with Crippen molar-refractivity contribution in [2.24, 2.45) is 17.8 Å². The summed E-state index contributed by atoms with van der Waals surface area (Å²) in [4.78, 5) is 5.07. The van der Waals surface area contributed by atoms with Gasteiger partial charge in [-0.2, -0.15) is 0 Å². The molecule has 0 aliphatic heterocycles. The predicted molar refractivity (Wildman–Crippen MR) is 105 cm³/mol. The fraction of sp³-hybridized carbons (Fsp3) is 0.625. The van der Waals surface area contributed by atoms with E-state index in [2.05, 4.69) is 52.0 Å². The number of nitrogens with zero attached hydrogens (tertiary/aromatic N) is 1. The molecule has 2 nitrogen and oxygen atoms in total. The Morgan fingerprint density at radius 3 is 1.96 bits per heavy atom. The van der Waals surface area contributed by atoms with E-state index in [1.807, 2.05) is 0 Å². The lowest BCUT2D eigenvalue weighted by atomic mass is 9.48. The number of hydrogen-bond donors (Lipinski definition) is 0. The van der Waals surface area contributed by atoms with Gasteiger partial charge in [0.1, 0.15) is 5.76 Å². The molecule has 0 amide bonds. The summed E-state index contributed by atoms with van der Waals surface area (Å²) in [6.07, 6.45) is 8.36. The normalized spacial score (nSPS) is 33.0. The molecule has 4 fully saturated rings. The van der Waals surface area contributed by atoms with E-state index in [1.165, 1.54) is 55.5 Å². The SMILES string of the molecule is Cc1ccc(-c2nc(C(C)(C)C)c(C34CC5CC(CC(C5)C3)C4)o2)cc1. The van der Waals surface area contributed by atoms with Crippen molar-refractivity contribution in [3.8, 4) is 11.5 Å². The summed E-state index contributed by atoms with van der Waals surface area (Å²) in [5, 5.41) is 0. The quantitative estimate of drug-likeness (QED) is 0.625. The van der Waals surface area contributed by atoms with Crippen LogP contribution in [-0.4, -0.2) is 4.98 Å². The molecule has 4 aliphatic carbocycles. The molecule has 1 aromatic carbocycles. The van der Waals surface area contributed by atoms with E-state index in [1.54, 1.807) is 0 Å². The lowest BCUT2D eigenvalue weighted by molar-refractivity contribution is -0.0158. The van der Waals surface area contributed by atoms with E-state index >= 15 is 0 Å². The topological polar surface area (TPSA) is 26.0 Å². The molecule has 0 radical (unpaired) electrons. The maximum absolute atomic E-state index is 6.64. The standard InChI is InChI=1S/C24H31NO/c1-15-5-7-19(8-6-15)22-25-20(23(2,3)4)21(26-22)24-12-16-9-17(13-24)11-18(10-16)14-24/h5-8,16-18H,9-14H2,1-4H3. The van der Waals surface area contributed by atoms with Crippen molar-refractivity contribution in [1.82, 2.24) is 4.98 Å². The second-order valence-electron chi connectivity index (χ2n) is 10.5. The van der Waals surface area contributed by atoms with Gasteiger partial charge in [-0.05, 0) is 75.3 Å². The highest BCUT2D eigenvalue weighted by molar-refractivity contribution is 5.55. The number of aromatic nitrogens is 1. The van der Waals surface area contributed by atoms with Crippen LogP contribution in [0, 0.1) is 24.7 Å². The van der Waals surface area contributed by atoms with Gasteiger partial charge in [-0.25, -0.2) is 4.98 Å². The third kappa shape index (κ3) is 2.56. The Bertz CT molecular complexity index is 786. The summed E-state index contributed by atoms with van der Waals surface area (Å²) in [6.45, 7) is 8.98. The van der Waals surface area contributed by atoms with Crippen molar-refractivity contribution in [1.29, 1.82) is 0 Å². The van der Waals surface area contributed by atoms with E-state index in [4.69, 9.17) is 9.40 Å². The smallest absolute Gasteiger partial charge is 0.226 e. The summed E-state index contributed by atoms with van der Waals surface area (Å²) in [6, 6.07) is 8.61. The van der Waals surface area contributed by atoms with Crippen molar-refractivity contribution >= 4 is 0 Å². The molecule has 0 N–H and O–H groups in total. The van der Waals surface area contributed by atoms with Crippen LogP contribution >= 0.6 is 0 Å². The number of oxazole rings is 1. The second kappa shape index (κ2) is 5.47. The molecule has 1 heterocycles. The number of aryl methyl sites for hydroxylation is 1. The number of hydrogen-bond acceptors (Lipinski definition) is 2. The molecule has 1 aromatic heterocycles. The van der Waals surface area contributed by atoms with Gasteiger partial charge in [0, 0.05) is 16.4 Å². The lowest BCUT2D eigenvalue weighted by Crippen LogP contribution is -2.49. The zero-order valence-corrected chi connectivity index (χ0v) is 16.6. The summed E-state index contributed by atoms with van der Waals surface area (Å²) in [5.41, 5.74) is 3.86. The van der Waals surface area contributed by atoms with Gasteiger partial charge >= 0.3 is 0 Å². The highest BCUT2D eigenvalue weighted by Crippen LogP contribution is 2.62.